The van der Waals surface area contributed by atoms with E-state index in [0.717, 1.165) is 17.6 Å². The van der Waals surface area contributed by atoms with Gasteiger partial charge in [-0.25, -0.2) is 0 Å². The number of hydrogen-bond acceptors (Lipinski definition) is 3. The lowest BCUT2D eigenvalue weighted by molar-refractivity contribution is 0.0862. The fourth-order valence-corrected chi connectivity index (χ4v) is 6.63. The molecular weight excluding hydrogens is 372 g/mol. The van der Waals surface area contributed by atoms with Gasteiger partial charge >= 0.3 is 0 Å². The lowest BCUT2D eigenvalue weighted by Gasteiger charge is -2.44. The Morgan fingerprint density at radius 1 is 1.10 bits per heavy atom. The van der Waals surface area contributed by atoms with E-state index in [2.05, 4.69) is 44.7 Å². The predicted octanol–water partition coefficient (Wildman–Crippen LogP) is 5.09. The van der Waals surface area contributed by atoms with Gasteiger partial charge in [0.1, 0.15) is 0 Å². The number of aliphatic hydroxyl groups excluding tert-OH is 3. The third-order valence-electron chi connectivity index (χ3n) is 8.65. The molecule has 0 radical (unpaired) electrons. The molecule has 0 aromatic heterocycles. The van der Waals surface area contributed by atoms with Crippen molar-refractivity contribution in [2.45, 2.75) is 89.9 Å². The van der Waals surface area contributed by atoms with Crippen LogP contribution in [0.1, 0.15) is 71.6 Å². The fourth-order valence-electron chi connectivity index (χ4n) is 6.63. The highest BCUT2D eigenvalue weighted by Crippen LogP contribution is 2.59. The van der Waals surface area contributed by atoms with Crippen LogP contribution < -0.4 is 0 Å². The molecule has 3 N–H and O–H groups in total. The Balaban J connectivity index is 1.48. The number of fused-ring (bicyclic) bond motifs is 1. The summed E-state index contributed by atoms with van der Waals surface area (Å²) in [7, 11) is 0. The molecule has 4 rings (SSSR count). The van der Waals surface area contributed by atoms with Crippen LogP contribution in [-0.2, 0) is 0 Å². The van der Waals surface area contributed by atoms with E-state index >= 15 is 0 Å². The van der Waals surface area contributed by atoms with E-state index in [4.69, 9.17) is 0 Å². The molecule has 3 heteroatoms. The van der Waals surface area contributed by atoms with E-state index in [9.17, 15) is 15.3 Å². The van der Waals surface area contributed by atoms with Gasteiger partial charge in [0.15, 0.2) is 0 Å². The zero-order valence-electron chi connectivity index (χ0n) is 18.8. The van der Waals surface area contributed by atoms with Gasteiger partial charge in [-0.15, -0.1) is 0 Å². The Bertz CT molecular complexity index is 743. The number of rotatable bonds is 5. The van der Waals surface area contributed by atoms with Crippen LogP contribution in [0, 0.1) is 29.1 Å². The van der Waals surface area contributed by atoms with Crippen LogP contribution in [0.2, 0.25) is 0 Å². The van der Waals surface area contributed by atoms with Gasteiger partial charge in [0.2, 0.25) is 0 Å². The van der Waals surface area contributed by atoms with E-state index in [1.54, 1.807) is 0 Å². The summed E-state index contributed by atoms with van der Waals surface area (Å²) in [6, 6.07) is 0. The molecule has 0 aromatic carbocycles. The van der Waals surface area contributed by atoms with Crippen molar-refractivity contribution in [3.63, 3.8) is 0 Å². The molecule has 30 heavy (non-hydrogen) atoms. The highest BCUT2D eigenvalue weighted by atomic mass is 16.3. The van der Waals surface area contributed by atoms with Gasteiger partial charge in [0.05, 0.1) is 18.3 Å². The highest BCUT2D eigenvalue weighted by Gasteiger charge is 2.50. The largest absolute Gasteiger partial charge is 0.393 e. The summed E-state index contributed by atoms with van der Waals surface area (Å²) in [6.07, 6.45) is 16.9. The van der Waals surface area contributed by atoms with E-state index < -0.39 is 12.2 Å². The van der Waals surface area contributed by atoms with E-state index in [-0.39, 0.29) is 6.10 Å². The third-order valence-corrected chi connectivity index (χ3v) is 8.65. The molecule has 0 saturated heterocycles. The van der Waals surface area contributed by atoms with Crippen molar-refractivity contribution in [2.75, 3.05) is 0 Å². The second-order valence-corrected chi connectivity index (χ2v) is 10.7. The minimum Gasteiger partial charge on any atom is -0.393 e. The smallest absolute Gasteiger partial charge is 0.0811 e. The van der Waals surface area contributed by atoms with E-state index in [1.807, 2.05) is 0 Å². The van der Waals surface area contributed by atoms with Crippen molar-refractivity contribution >= 4 is 0 Å². The minimum absolute atomic E-state index is 0.250. The van der Waals surface area contributed by atoms with Gasteiger partial charge < -0.3 is 15.3 Å². The van der Waals surface area contributed by atoms with Crippen molar-refractivity contribution < 1.29 is 15.3 Å². The van der Waals surface area contributed by atoms with Crippen molar-refractivity contribution in [3.05, 3.63) is 47.6 Å². The Morgan fingerprint density at radius 2 is 1.87 bits per heavy atom. The third kappa shape index (κ3) is 4.40. The quantitative estimate of drug-likeness (QED) is 0.551. The Morgan fingerprint density at radius 3 is 2.60 bits per heavy atom. The number of hydrogen-bond donors (Lipinski definition) is 3. The molecule has 4 aliphatic rings. The maximum absolute atomic E-state index is 10.2. The predicted molar refractivity (Wildman–Crippen MR) is 122 cm³/mol. The topological polar surface area (TPSA) is 60.7 Å². The zero-order chi connectivity index (χ0) is 21.5. The lowest BCUT2D eigenvalue weighted by Crippen LogP contribution is -2.35. The van der Waals surface area contributed by atoms with Crippen molar-refractivity contribution in [1.82, 2.24) is 0 Å². The maximum atomic E-state index is 10.2. The maximum Gasteiger partial charge on any atom is 0.0811 e. The van der Waals surface area contributed by atoms with Gasteiger partial charge in [-0.1, -0.05) is 50.3 Å². The monoisotopic (exact) mass is 412 g/mol. The van der Waals surface area contributed by atoms with Gasteiger partial charge in [0, 0.05) is 6.42 Å². The molecule has 3 nitrogen and oxygen atoms in total. The average molecular weight is 413 g/mol. The van der Waals surface area contributed by atoms with Gasteiger partial charge in [-0.3, -0.25) is 0 Å². The zero-order valence-corrected chi connectivity index (χ0v) is 18.8. The first kappa shape index (κ1) is 22.0. The normalized spacial score (nSPS) is 42.1. The minimum atomic E-state index is -0.621. The summed E-state index contributed by atoms with van der Waals surface area (Å²) in [6.45, 7) is 8.88. The number of aliphatic hydroxyl groups is 3. The van der Waals surface area contributed by atoms with E-state index in [0.29, 0.717) is 41.9 Å². The molecule has 0 amide bonds. The summed E-state index contributed by atoms with van der Waals surface area (Å²) in [5.41, 5.74) is 3.63. The van der Waals surface area contributed by atoms with Crippen molar-refractivity contribution in [2.24, 2.45) is 29.1 Å². The lowest BCUT2D eigenvalue weighted by atomic mass is 9.61. The molecule has 0 unspecified atom stereocenters. The van der Waals surface area contributed by atoms with Crippen LogP contribution in [0.25, 0.3) is 0 Å². The molecule has 0 aromatic rings. The molecule has 0 bridgehead atoms. The summed E-state index contributed by atoms with van der Waals surface area (Å²) in [4.78, 5) is 0. The molecule has 0 heterocycles. The van der Waals surface area contributed by atoms with Crippen LogP contribution >= 0.6 is 0 Å². The first-order valence-electron chi connectivity index (χ1n) is 12.1. The highest BCUT2D eigenvalue weighted by molar-refractivity contribution is 5.38. The molecule has 4 fully saturated rings. The van der Waals surface area contributed by atoms with Crippen LogP contribution in [0.15, 0.2) is 47.6 Å². The Kier molecular flexibility index (Phi) is 6.44. The molecule has 0 spiro atoms. The molecule has 4 saturated carbocycles. The van der Waals surface area contributed by atoms with Gasteiger partial charge in [-0.05, 0) is 91.6 Å². The van der Waals surface area contributed by atoms with Crippen LogP contribution in [0.3, 0.4) is 0 Å². The molecule has 166 valence electrons. The number of allylic oxidation sites excluding steroid dienone is 4. The van der Waals surface area contributed by atoms with Gasteiger partial charge in [0.25, 0.3) is 0 Å². The van der Waals surface area contributed by atoms with Crippen LogP contribution in [0.5, 0.6) is 0 Å². The van der Waals surface area contributed by atoms with Gasteiger partial charge in [-0.2, -0.15) is 0 Å². The molecule has 0 aliphatic heterocycles. The molecule has 7 atom stereocenters. The fraction of sp³-hybridized carbons (Fsp3) is 0.704. The standard InChI is InChI=1S/C27H40O3/c1-17(6-13-25(29)20-8-9-20)23-11-12-24-19(5-4-14-27(23,24)3)7-10-21-15-22(28)16-26(30)18(21)2/h6-7,10,13,17,20,22-26,28-30H,2,4-5,8-9,11-12,14-16H2,1,3H3/b13-6+,19-7+,21-10+/t17-,22-,23-,24-,25-,26+,27-/m0/s1. The second kappa shape index (κ2) is 8.76. The summed E-state index contributed by atoms with van der Waals surface area (Å²) in [5.74, 6) is 2.28. The van der Waals surface area contributed by atoms with Crippen molar-refractivity contribution in [3.8, 4) is 0 Å². The SMILES string of the molecule is C=C1/C(=C/C=C2\CCC[C@]3(C)[C@H]2CC[C@H]3[C@@H](C)/C=C/[C@H](O)C2CC2)C[C@H](O)C[C@H]1O. The summed E-state index contributed by atoms with van der Waals surface area (Å²) >= 11 is 0. The van der Waals surface area contributed by atoms with Crippen LogP contribution in [-0.4, -0.2) is 33.6 Å². The second-order valence-electron chi connectivity index (χ2n) is 10.7. The summed E-state index contributed by atoms with van der Waals surface area (Å²) < 4.78 is 0. The first-order chi connectivity index (χ1) is 14.3. The molecular formula is C27H40O3. The first-order valence-corrected chi connectivity index (χ1v) is 12.1. The summed E-state index contributed by atoms with van der Waals surface area (Å²) in [5, 5.41) is 30.4. The average Bonchev–Trinajstić information content (AvgIpc) is 3.49. The Hall–Kier alpha value is -1.16. The van der Waals surface area contributed by atoms with E-state index in [1.165, 1.54) is 44.1 Å². The Labute approximate surface area is 182 Å². The van der Waals surface area contributed by atoms with Crippen LogP contribution in [0.4, 0.5) is 0 Å². The molecule has 4 aliphatic carbocycles. The van der Waals surface area contributed by atoms with Crippen molar-refractivity contribution in [1.29, 1.82) is 0 Å².